The second-order valence-electron chi connectivity index (χ2n) is 7.94. The normalized spacial score (nSPS) is 22.4. The van der Waals surface area contributed by atoms with Crippen LogP contribution in [0.3, 0.4) is 0 Å². The minimum atomic E-state index is -4.66. The van der Waals surface area contributed by atoms with Crippen LogP contribution in [0.2, 0.25) is 0 Å². The standard InChI is InChI=1S/C20H28ClF3OP.Pd/c21-15-26(17-7-3-1-4-8-17,18-9-5-2-6-10-18)19-13-11-16(12-14-19)25-20(22,23)24;/h11-15,17-18,26H,1-10H2;. The van der Waals surface area contributed by atoms with Crippen molar-refractivity contribution < 1.29 is 37.1 Å². The SMILES string of the molecule is FC(F)(F)Oc1ccc([PH]([CH](Cl)[Pd])(C2CCCCC2)C2CCCCC2)cc1. The van der Waals surface area contributed by atoms with Crippen molar-refractivity contribution in [2.24, 2.45) is 0 Å². The quantitative estimate of drug-likeness (QED) is 0.242. The molecule has 0 amide bonds. The topological polar surface area (TPSA) is 9.23 Å². The van der Waals surface area contributed by atoms with Crippen LogP contribution in [-0.4, -0.2) is 21.3 Å². The first kappa shape index (κ1) is 21.9. The van der Waals surface area contributed by atoms with Crippen molar-refractivity contribution >= 4 is 24.2 Å². The van der Waals surface area contributed by atoms with Gasteiger partial charge in [-0.1, -0.05) is 0 Å². The summed E-state index contributed by atoms with van der Waals surface area (Å²) in [5.74, 6) is -0.148. The summed E-state index contributed by atoms with van der Waals surface area (Å²) in [4.78, 5) is 0. The van der Waals surface area contributed by atoms with E-state index in [0.29, 0.717) is 11.3 Å². The molecule has 2 fully saturated rings. The molecule has 0 aliphatic heterocycles. The molecule has 2 aliphatic rings. The molecule has 1 aromatic carbocycles. The van der Waals surface area contributed by atoms with Gasteiger partial charge in [0.1, 0.15) is 0 Å². The van der Waals surface area contributed by atoms with E-state index in [2.05, 4.69) is 23.9 Å². The Morgan fingerprint density at radius 2 is 1.33 bits per heavy atom. The number of benzene rings is 1. The van der Waals surface area contributed by atoms with Gasteiger partial charge in [-0.25, -0.2) is 0 Å². The van der Waals surface area contributed by atoms with Gasteiger partial charge in [-0.2, -0.15) is 0 Å². The first-order valence-corrected chi connectivity index (χ1v) is 13.5. The predicted octanol–water partition coefficient (Wildman–Crippen LogP) is 6.70. The molecule has 1 aromatic rings. The van der Waals surface area contributed by atoms with Gasteiger partial charge in [-0.3, -0.25) is 0 Å². The van der Waals surface area contributed by atoms with Gasteiger partial charge in [0, 0.05) is 0 Å². The first-order chi connectivity index (χ1) is 12.8. The van der Waals surface area contributed by atoms with E-state index in [4.69, 9.17) is 11.6 Å². The van der Waals surface area contributed by atoms with E-state index in [1.165, 1.54) is 81.6 Å². The van der Waals surface area contributed by atoms with Crippen molar-refractivity contribution in [2.45, 2.75) is 85.5 Å². The molecule has 0 aromatic heterocycles. The maximum atomic E-state index is 12.5. The summed E-state index contributed by atoms with van der Waals surface area (Å²) in [5, 5.41) is 1.20. The van der Waals surface area contributed by atoms with Crippen LogP contribution in [0, 0.1) is 0 Å². The molecule has 1 unspecified atom stereocenters. The van der Waals surface area contributed by atoms with E-state index in [1.807, 2.05) is 12.1 Å². The van der Waals surface area contributed by atoms with Crippen LogP contribution in [0.5, 0.6) is 5.75 Å². The van der Waals surface area contributed by atoms with E-state index in [0.717, 1.165) is 0 Å². The predicted molar refractivity (Wildman–Crippen MR) is 104 cm³/mol. The maximum absolute atomic E-state index is 12.5. The van der Waals surface area contributed by atoms with Gasteiger partial charge >= 0.3 is 177 Å². The van der Waals surface area contributed by atoms with Crippen molar-refractivity contribution in [3.63, 3.8) is 0 Å². The summed E-state index contributed by atoms with van der Waals surface area (Å²) >= 11 is 10.4. The summed E-state index contributed by atoms with van der Waals surface area (Å²) in [7, 11) is -2.17. The molecule has 2 aliphatic carbocycles. The van der Waals surface area contributed by atoms with E-state index in [-0.39, 0.29) is 9.34 Å². The van der Waals surface area contributed by atoms with E-state index in [1.54, 1.807) is 0 Å². The molecule has 1 nitrogen and oxygen atoms in total. The summed E-state index contributed by atoms with van der Waals surface area (Å²) in [6, 6.07) is 6.71. The number of alkyl halides is 4. The Balaban J connectivity index is 1.99. The fourth-order valence-electron chi connectivity index (χ4n) is 5.35. The fourth-order valence-corrected chi connectivity index (χ4v) is 15.7. The van der Waals surface area contributed by atoms with Gasteiger partial charge in [0.05, 0.1) is 0 Å². The van der Waals surface area contributed by atoms with Gasteiger partial charge in [-0.05, 0) is 0 Å². The summed E-state index contributed by atoms with van der Waals surface area (Å²) in [6.45, 7) is 0. The minimum absolute atomic E-state index is 0.0684. The Labute approximate surface area is 176 Å². The third-order valence-electron chi connectivity index (χ3n) is 6.48. The molecule has 7 heteroatoms. The Morgan fingerprint density at radius 3 is 1.70 bits per heavy atom. The number of halogens is 4. The number of ether oxygens (including phenoxy) is 1. The zero-order chi connectivity index (χ0) is 19.5. The van der Waals surface area contributed by atoms with E-state index in [9.17, 15) is 13.2 Å². The molecule has 0 heterocycles. The van der Waals surface area contributed by atoms with Crippen LogP contribution in [0.4, 0.5) is 13.2 Å². The van der Waals surface area contributed by atoms with E-state index >= 15 is 0 Å². The number of hydrogen-bond acceptors (Lipinski definition) is 1. The summed E-state index contributed by atoms with van der Waals surface area (Å²) in [5.41, 5.74) is 1.20. The van der Waals surface area contributed by atoms with Crippen molar-refractivity contribution in [3.8, 4) is 5.75 Å². The van der Waals surface area contributed by atoms with Crippen molar-refractivity contribution in [1.29, 1.82) is 0 Å². The molecule has 3 rings (SSSR count). The van der Waals surface area contributed by atoms with Crippen LogP contribution in [0.15, 0.2) is 24.3 Å². The molecular formula is C20H28ClF3OPPd. The molecule has 2 saturated carbocycles. The van der Waals surface area contributed by atoms with Gasteiger partial charge in [0.15, 0.2) is 0 Å². The van der Waals surface area contributed by atoms with Crippen LogP contribution in [0.25, 0.3) is 0 Å². The molecule has 0 spiro atoms. The van der Waals surface area contributed by atoms with Gasteiger partial charge in [0.25, 0.3) is 0 Å². The number of rotatable bonds is 5. The molecule has 0 radical (unpaired) electrons. The van der Waals surface area contributed by atoms with Crippen LogP contribution in [0.1, 0.15) is 64.2 Å². The Hall–Kier alpha value is 0.192. The third kappa shape index (κ3) is 5.03. The number of hydrogen-bond donors (Lipinski definition) is 0. The van der Waals surface area contributed by atoms with Crippen LogP contribution in [-0.2, 0) is 19.2 Å². The first-order valence-electron chi connectivity index (χ1n) is 9.95. The second-order valence-corrected chi connectivity index (χ2v) is 15.6. The van der Waals surface area contributed by atoms with Gasteiger partial charge in [0.2, 0.25) is 0 Å². The zero-order valence-electron chi connectivity index (χ0n) is 15.3. The Kier molecular flexibility index (Phi) is 7.57. The monoisotopic (exact) mass is 513 g/mol. The summed E-state index contributed by atoms with van der Waals surface area (Å²) in [6.07, 6.45) is 7.65. The van der Waals surface area contributed by atoms with Gasteiger partial charge < -0.3 is 0 Å². The second kappa shape index (κ2) is 9.34. The molecule has 157 valence electrons. The molecule has 0 saturated heterocycles. The molecule has 0 bridgehead atoms. The average molecular weight is 514 g/mol. The Bertz CT molecular complexity index is 578. The molecule has 1 atom stereocenters. The summed E-state index contributed by atoms with van der Waals surface area (Å²) < 4.78 is 41.7. The van der Waals surface area contributed by atoms with Gasteiger partial charge in [-0.15, -0.1) is 0 Å². The zero-order valence-corrected chi connectivity index (χ0v) is 18.7. The average Bonchev–Trinajstić information content (AvgIpc) is 2.64. The van der Waals surface area contributed by atoms with Crippen molar-refractivity contribution in [2.75, 3.05) is 0 Å². The third-order valence-corrected chi connectivity index (χ3v) is 15.6. The molecular weight excluding hydrogens is 486 g/mol. The van der Waals surface area contributed by atoms with Crippen LogP contribution < -0.4 is 10.0 Å². The molecule has 27 heavy (non-hydrogen) atoms. The Morgan fingerprint density at radius 1 is 0.889 bits per heavy atom. The van der Waals surface area contributed by atoms with Crippen molar-refractivity contribution in [1.82, 2.24) is 0 Å². The van der Waals surface area contributed by atoms with E-state index < -0.39 is 13.6 Å². The van der Waals surface area contributed by atoms with Crippen LogP contribution >= 0.6 is 18.9 Å². The molecule has 0 N–H and O–H groups in total. The van der Waals surface area contributed by atoms with Crippen molar-refractivity contribution in [3.05, 3.63) is 24.3 Å². The fraction of sp³-hybridized carbons (Fsp3) is 0.700.